The van der Waals surface area contributed by atoms with Crippen LogP contribution in [-0.4, -0.2) is 5.91 Å². The van der Waals surface area contributed by atoms with E-state index in [9.17, 15) is 27.2 Å². The second kappa shape index (κ2) is 8.08. The number of carbonyl (C=O) groups excluding carboxylic acids is 1. The molecule has 5 rings (SSSR count). The van der Waals surface area contributed by atoms with Crippen molar-refractivity contribution in [3.8, 4) is 0 Å². The molecule has 1 unspecified atom stereocenters. The molecule has 4 nitrogen and oxygen atoms in total. The Hall–Kier alpha value is -3.94. The highest BCUT2D eigenvalue weighted by molar-refractivity contribution is 6.10. The van der Waals surface area contributed by atoms with E-state index in [1.54, 1.807) is 12.1 Å². The molecule has 0 fully saturated rings. The summed E-state index contributed by atoms with van der Waals surface area (Å²) < 4.78 is 60.0. The lowest BCUT2D eigenvalue weighted by molar-refractivity contribution is -0.137. The predicted molar refractivity (Wildman–Crippen MR) is 123 cm³/mol. The Kier molecular flexibility index (Phi) is 5.27. The molecule has 1 aromatic heterocycles. The first-order chi connectivity index (χ1) is 16.6. The van der Waals surface area contributed by atoms with Gasteiger partial charge < -0.3 is 4.42 Å². The maximum atomic E-state index is 13.9. The third-order valence-electron chi connectivity index (χ3n) is 6.20. The molecule has 0 saturated heterocycles. The molecule has 0 aliphatic carbocycles. The number of nitrogens with zero attached hydrogens (tertiary/aromatic N) is 1. The van der Waals surface area contributed by atoms with Crippen LogP contribution in [0.4, 0.5) is 23.2 Å². The van der Waals surface area contributed by atoms with Crippen LogP contribution in [0.2, 0.25) is 0 Å². The zero-order valence-electron chi connectivity index (χ0n) is 18.7. The summed E-state index contributed by atoms with van der Waals surface area (Å²) in [6, 6.07) is 13.8. The monoisotopic (exact) mass is 481 g/mol. The molecule has 1 amide bonds. The SMILES string of the molecule is CC(C)c1ccc(C2c3c(oc4ccc(F)cc4c3=O)C(=O)N2c2cccc(C(F)(F)F)c2)cc1. The molecule has 0 N–H and O–H groups in total. The number of alkyl halides is 3. The summed E-state index contributed by atoms with van der Waals surface area (Å²) in [5, 5.41) is -0.0498. The fourth-order valence-electron chi connectivity index (χ4n) is 4.42. The van der Waals surface area contributed by atoms with Gasteiger partial charge in [0.1, 0.15) is 11.4 Å². The molecule has 0 saturated carbocycles. The van der Waals surface area contributed by atoms with Crippen molar-refractivity contribution < 1.29 is 26.8 Å². The number of rotatable bonds is 3. The Bertz CT molecular complexity index is 1520. The molecule has 4 aromatic rings. The van der Waals surface area contributed by atoms with Crippen molar-refractivity contribution in [1.82, 2.24) is 0 Å². The number of hydrogen-bond donors (Lipinski definition) is 0. The van der Waals surface area contributed by atoms with Gasteiger partial charge in [0.05, 0.1) is 22.6 Å². The molecule has 1 aliphatic rings. The molecule has 1 atom stereocenters. The minimum atomic E-state index is -4.62. The van der Waals surface area contributed by atoms with Crippen LogP contribution >= 0.6 is 0 Å². The first kappa shape index (κ1) is 22.8. The van der Waals surface area contributed by atoms with Crippen LogP contribution in [0.5, 0.6) is 0 Å². The Balaban J connectivity index is 1.77. The van der Waals surface area contributed by atoms with E-state index in [2.05, 4.69) is 0 Å². The number of amides is 1. The Morgan fingerprint density at radius 1 is 0.943 bits per heavy atom. The zero-order chi connectivity index (χ0) is 25.1. The van der Waals surface area contributed by atoms with Gasteiger partial charge in [-0.25, -0.2) is 4.39 Å². The minimum Gasteiger partial charge on any atom is -0.450 e. The van der Waals surface area contributed by atoms with E-state index in [1.165, 1.54) is 18.2 Å². The lowest BCUT2D eigenvalue weighted by Crippen LogP contribution is -2.29. The molecule has 3 aromatic carbocycles. The number of hydrogen-bond acceptors (Lipinski definition) is 3. The van der Waals surface area contributed by atoms with Gasteiger partial charge in [-0.3, -0.25) is 14.5 Å². The number of halogens is 4. The van der Waals surface area contributed by atoms with Gasteiger partial charge in [-0.05, 0) is 53.4 Å². The lowest BCUT2D eigenvalue weighted by atomic mass is 9.95. The third-order valence-corrected chi connectivity index (χ3v) is 6.20. The fourth-order valence-corrected chi connectivity index (χ4v) is 4.42. The smallest absolute Gasteiger partial charge is 0.416 e. The molecular weight excluding hydrogens is 462 g/mol. The van der Waals surface area contributed by atoms with Crippen LogP contribution in [0.1, 0.15) is 58.6 Å². The summed E-state index contributed by atoms with van der Waals surface area (Å²) in [7, 11) is 0. The molecule has 35 heavy (non-hydrogen) atoms. The molecule has 0 radical (unpaired) electrons. The molecule has 0 bridgehead atoms. The van der Waals surface area contributed by atoms with E-state index in [4.69, 9.17) is 4.42 Å². The molecule has 178 valence electrons. The summed E-state index contributed by atoms with van der Waals surface area (Å²) in [5.41, 5.74) is -0.0749. The average Bonchev–Trinajstić information content (AvgIpc) is 3.11. The minimum absolute atomic E-state index is 0.0169. The van der Waals surface area contributed by atoms with Gasteiger partial charge in [0, 0.05) is 5.69 Å². The molecular formula is C27H19F4NO3. The van der Waals surface area contributed by atoms with Crippen LogP contribution in [0.25, 0.3) is 11.0 Å². The first-order valence-corrected chi connectivity index (χ1v) is 10.9. The van der Waals surface area contributed by atoms with Gasteiger partial charge in [0.15, 0.2) is 5.43 Å². The van der Waals surface area contributed by atoms with Crippen molar-refractivity contribution >= 4 is 22.6 Å². The van der Waals surface area contributed by atoms with Gasteiger partial charge in [-0.1, -0.05) is 44.2 Å². The van der Waals surface area contributed by atoms with Crippen molar-refractivity contribution in [2.75, 3.05) is 4.90 Å². The number of carbonyl (C=O) groups is 1. The molecule has 1 aliphatic heterocycles. The highest BCUT2D eigenvalue weighted by atomic mass is 19.4. The second-order valence-electron chi connectivity index (χ2n) is 8.76. The summed E-state index contributed by atoms with van der Waals surface area (Å²) in [6.45, 7) is 4.02. The van der Waals surface area contributed by atoms with Crippen LogP contribution in [0.15, 0.2) is 75.9 Å². The maximum Gasteiger partial charge on any atom is 0.416 e. The second-order valence-corrected chi connectivity index (χ2v) is 8.76. The van der Waals surface area contributed by atoms with Gasteiger partial charge in [0.25, 0.3) is 5.91 Å². The van der Waals surface area contributed by atoms with Gasteiger partial charge in [-0.2, -0.15) is 13.2 Å². The van der Waals surface area contributed by atoms with Crippen LogP contribution < -0.4 is 10.3 Å². The van der Waals surface area contributed by atoms with Crippen LogP contribution in [0, 0.1) is 5.82 Å². The summed E-state index contributed by atoms with van der Waals surface area (Å²) >= 11 is 0. The Morgan fingerprint density at radius 2 is 1.66 bits per heavy atom. The average molecular weight is 481 g/mol. The van der Waals surface area contributed by atoms with Crippen molar-refractivity contribution in [2.24, 2.45) is 0 Å². The summed E-state index contributed by atoms with van der Waals surface area (Å²) in [4.78, 5) is 28.1. The molecule has 0 spiro atoms. The Labute approximate surface area is 197 Å². The normalized spacial score (nSPS) is 15.8. The molecule has 8 heteroatoms. The van der Waals surface area contributed by atoms with Crippen LogP contribution in [0.3, 0.4) is 0 Å². The van der Waals surface area contributed by atoms with E-state index in [1.807, 2.05) is 26.0 Å². The largest absolute Gasteiger partial charge is 0.450 e. The van der Waals surface area contributed by atoms with Gasteiger partial charge in [-0.15, -0.1) is 0 Å². The molecule has 2 heterocycles. The summed E-state index contributed by atoms with van der Waals surface area (Å²) in [5.74, 6) is -1.45. The van der Waals surface area contributed by atoms with Crippen molar-refractivity contribution in [3.05, 3.63) is 111 Å². The highest BCUT2D eigenvalue weighted by Crippen LogP contribution is 2.43. The quantitative estimate of drug-likeness (QED) is 0.302. The van der Waals surface area contributed by atoms with E-state index < -0.39 is 34.9 Å². The van der Waals surface area contributed by atoms with Crippen LogP contribution in [-0.2, 0) is 6.18 Å². The topological polar surface area (TPSA) is 50.5 Å². The van der Waals surface area contributed by atoms with Crippen molar-refractivity contribution in [2.45, 2.75) is 32.0 Å². The Morgan fingerprint density at radius 3 is 2.31 bits per heavy atom. The number of benzene rings is 3. The lowest BCUT2D eigenvalue weighted by Gasteiger charge is -2.26. The predicted octanol–water partition coefficient (Wildman–Crippen LogP) is 6.82. The standard InChI is InChI=1S/C27H19F4NO3/c1-14(2)15-6-8-16(9-7-15)23-22-24(33)20-13-18(28)10-11-21(20)35-25(22)26(34)32(23)19-5-3-4-17(12-19)27(29,30)31/h3-14,23H,1-2H3. The van der Waals surface area contributed by atoms with Gasteiger partial charge >= 0.3 is 6.18 Å². The first-order valence-electron chi connectivity index (χ1n) is 10.9. The van der Waals surface area contributed by atoms with E-state index >= 15 is 0 Å². The van der Waals surface area contributed by atoms with Crippen molar-refractivity contribution in [1.29, 1.82) is 0 Å². The number of fused-ring (bicyclic) bond motifs is 2. The maximum absolute atomic E-state index is 13.9. The zero-order valence-corrected chi connectivity index (χ0v) is 18.7. The van der Waals surface area contributed by atoms with E-state index in [-0.39, 0.29) is 33.9 Å². The fraction of sp³-hybridized carbons (Fsp3) is 0.185. The van der Waals surface area contributed by atoms with Gasteiger partial charge in [0.2, 0.25) is 5.76 Å². The number of anilines is 1. The highest BCUT2D eigenvalue weighted by Gasteiger charge is 2.44. The summed E-state index contributed by atoms with van der Waals surface area (Å²) in [6.07, 6.45) is -4.62. The van der Waals surface area contributed by atoms with E-state index in [0.717, 1.165) is 34.7 Å². The van der Waals surface area contributed by atoms with Crippen molar-refractivity contribution in [3.63, 3.8) is 0 Å². The van der Waals surface area contributed by atoms with E-state index in [0.29, 0.717) is 5.56 Å². The third kappa shape index (κ3) is 3.79.